The third-order valence-corrected chi connectivity index (χ3v) is 7.49. The summed E-state index contributed by atoms with van der Waals surface area (Å²) in [6, 6.07) is 10.3. The molecule has 2 aromatic heterocycles. The zero-order chi connectivity index (χ0) is 19.6. The summed E-state index contributed by atoms with van der Waals surface area (Å²) in [6.45, 7) is 4.88. The Balaban J connectivity index is 1.45. The molecule has 1 N–H and O–H groups in total. The standard InChI is InChI=1S/C20H24N4O2S2/c1-15-22-19(21-8-5-9-24-10-12-28(25,26)13-11-24)18-17(14-27-20(18)23-15)16-6-3-2-4-7-16/h2-4,6-7,14H,5,8-13H2,1H3,(H,21,22,23). The molecule has 0 bridgehead atoms. The molecule has 1 saturated heterocycles. The van der Waals surface area contributed by atoms with Gasteiger partial charge in [0.1, 0.15) is 16.5 Å². The first-order chi connectivity index (χ1) is 13.5. The first-order valence-corrected chi connectivity index (χ1v) is 12.2. The largest absolute Gasteiger partial charge is 0.369 e. The van der Waals surface area contributed by atoms with Crippen LogP contribution < -0.4 is 5.32 Å². The van der Waals surface area contributed by atoms with Crippen LogP contribution in [0.25, 0.3) is 21.3 Å². The topological polar surface area (TPSA) is 75.2 Å². The van der Waals surface area contributed by atoms with Crippen molar-refractivity contribution in [1.29, 1.82) is 0 Å². The molecular weight excluding hydrogens is 392 g/mol. The van der Waals surface area contributed by atoms with Crippen LogP contribution in [0.1, 0.15) is 12.2 Å². The summed E-state index contributed by atoms with van der Waals surface area (Å²) in [7, 11) is -2.82. The highest BCUT2D eigenvalue weighted by atomic mass is 32.2. The van der Waals surface area contributed by atoms with Gasteiger partial charge in [-0.2, -0.15) is 0 Å². The molecule has 148 valence electrons. The Bertz CT molecular complexity index is 1050. The van der Waals surface area contributed by atoms with Crippen LogP contribution in [0.3, 0.4) is 0 Å². The summed E-state index contributed by atoms with van der Waals surface area (Å²) in [5.41, 5.74) is 2.32. The smallest absolute Gasteiger partial charge is 0.152 e. The van der Waals surface area contributed by atoms with E-state index in [0.717, 1.165) is 46.9 Å². The fourth-order valence-electron chi connectivity index (χ4n) is 3.49. The van der Waals surface area contributed by atoms with Crippen LogP contribution in [0, 0.1) is 6.92 Å². The Morgan fingerprint density at radius 1 is 1.14 bits per heavy atom. The normalized spacial score (nSPS) is 17.0. The maximum Gasteiger partial charge on any atom is 0.152 e. The van der Waals surface area contributed by atoms with E-state index in [4.69, 9.17) is 0 Å². The summed E-state index contributed by atoms with van der Waals surface area (Å²) in [5.74, 6) is 2.20. The molecule has 0 amide bonds. The number of sulfone groups is 1. The van der Waals surface area contributed by atoms with E-state index in [-0.39, 0.29) is 11.5 Å². The summed E-state index contributed by atoms with van der Waals surface area (Å²) < 4.78 is 23.1. The molecule has 8 heteroatoms. The first-order valence-electron chi connectivity index (χ1n) is 9.50. The van der Waals surface area contributed by atoms with Crippen molar-refractivity contribution in [3.8, 4) is 11.1 Å². The van der Waals surface area contributed by atoms with Gasteiger partial charge in [0.2, 0.25) is 0 Å². The van der Waals surface area contributed by atoms with Crippen molar-refractivity contribution < 1.29 is 8.42 Å². The van der Waals surface area contributed by atoms with E-state index in [1.807, 2.05) is 25.1 Å². The predicted molar refractivity (Wildman–Crippen MR) is 116 cm³/mol. The van der Waals surface area contributed by atoms with Crippen molar-refractivity contribution in [3.05, 3.63) is 41.5 Å². The molecule has 0 saturated carbocycles. The molecule has 1 aromatic carbocycles. The second kappa shape index (κ2) is 8.14. The summed E-state index contributed by atoms with van der Waals surface area (Å²) in [4.78, 5) is 12.5. The fourth-order valence-corrected chi connectivity index (χ4v) is 5.76. The van der Waals surface area contributed by atoms with Gasteiger partial charge in [0, 0.05) is 30.6 Å². The second-order valence-corrected chi connectivity index (χ2v) is 10.3. The SMILES string of the molecule is Cc1nc(NCCCN2CCS(=O)(=O)CC2)c2c(-c3ccccc3)csc2n1. The Kier molecular flexibility index (Phi) is 5.61. The van der Waals surface area contributed by atoms with Crippen molar-refractivity contribution in [1.82, 2.24) is 14.9 Å². The van der Waals surface area contributed by atoms with Crippen LogP contribution in [0.5, 0.6) is 0 Å². The number of aryl methyl sites for hydroxylation is 1. The average molecular weight is 417 g/mol. The predicted octanol–water partition coefficient (Wildman–Crippen LogP) is 3.20. The molecule has 3 heterocycles. The molecule has 4 rings (SSSR count). The van der Waals surface area contributed by atoms with E-state index in [2.05, 4.69) is 37.7 Å². The van der Waals surface area contributed by atoms with E-state index in [1.54, 1.807) is 11.3 Å². The lowest BCUT2D eigenvalue weighted by atomic mass is 10.1. The van der Waals surface area contributed by atoms with Crippen molar-refractivity contribution in [3.63, 3.8) is 0 Å². The number of nitrogens with one attached hydrogen (secondary N) is 1. The molecule has 3 aromatic rings. The molecule has 0 spiro atoms. The van der Waals surface area contributed by atoms with Gasteiger partial charge in [-0.05, 0) is 25.5 Å². The number of thiophene rings is 1. The number of rotatable bonds is 6. The fraction of sp³-hybridized carbons (Fsp3) is 0.400. The Morgan fingerprint density at radius 2 is 1.89 bits per heavy atom. The maximum absolute atomic E-state index is 11.5. The van der Waals surface area contributed by atoms with Gasteiger partial charge in [-0.15, -0.1) is 11.3 Å². The van der Waals surface area contributed by atoms with E-state index < -0.39 is 9.84 Å². The minimum Gasteiger partial charge on any atom is -0.369 e. The number of fused-ring (bicyclic) bond motifs is 1. The Hall–Kier alpha value is -2.03. The molecule has 0 unspecified atom stereocenters. The van der Waals surface area contributed by atoms with Crippen LogP contribution in [-0.4, -0.2) is 61.0 Å². The van der Waals surface area contributed by atoms with Crippen LogP contribution in [0.2, 0.25) is 0 Å². The number of aromatic nitrogens is 2. The van der Waals surface area contributed by atoms with Gasteiger partial charge >= 0.3 is 0 Å². The third-order valence-electron chi connectivity index (χ3n) is 5.01. The lowest BCUT2D eigenvalue weighted by Crippen LogP contribution is -2.41. The van der Waals surface area contributed by atoms with Gasteiger partial charge in [0.15, 0.2) is 9.84 Å². The van der Waals surface area contributed by atoms with E-state index >= 15 is 0 Å². The van der Waals surface area contributed by atoms with Crippen molar-refractivity contribution >= 4 is 37.2 Å². The molecule has 0 radical (unpaired) electrons. The van der Waals surface area contributed by atoms with Crippen LogP contribution >= 0.6 is 11.3 Å². The van der Waals surface area contributed by atoms with Crippen molar-refractivity contribution in [2.45, 2.75) is 13.3 Å². The minimum absolute atomic E-state index is 0.279. The highest BCUT2D eigenvalue weighted by molar-refractivity contribution is 7.91. The highest BCUT2D eigenvalue weighted by Gasteiger charge is 2.21. The minimum atomic E-state index is -2.82. The Labute approximate surface area is 169 Å². The first kappa shape index (κ1) is 19.3. The van der Waals surface area contributed by atoms with Crippen LogP contribution in [0.4, 0.5) is 5.82 Å². The van der Waals surface area contributed by atoms with E-state index in [9.17, 15) is 8.42 Å². The molecule has 0 aliphatic carbocycles. The summed E-state index contributed by atoms with van der Waals surface area (Å²) >= 11 is 1.64. The number of anilines is 1. The average Bonchev–Trinajstić information content (AvgIpc) is 3.10. The third kappa shape index (κ3) is 4.34. The van der Waals surface area contributed by atoms with Gasteiger partial charge in [-0.3, -0.25) is 0 Å². The van der Waals surface area contributed by atoms with Gasteiger partial charge in [0.05, 0.1) is 16.9 Å². The molecule has 28 heavy (non-hydrogen) atoms. The van der Waals surface area contributed by atoms with E-state index in [0.29, 0.717) is 13.1 Å². The quantitative estimate of drug-likeness (QED) is 0.622. The lowest BCUT2D eigenvalue weighted by molar-refractivity contribution is 0.294. The zero-order valence-electron chi connectivity index (χ0n) is 15.9. The molecule has 1 aliphatic rings. The highest BCUT2D eigenvalue weighted by Crippen LogP contribution is 2.36. The molecule has 1 aliphatic heterocycles. The molecular formula is C20H24N4O2S2. The summed E-state index contributed by atoms with van der Waals surface area (Å²) in [5, 5.41) is 6.71. The monoisotopic (exact) mass is 416 g/mol. The number of benzene rings is 1. The number of hydrogen-bond donors (Lipinski definition) is 1. The molecule has 0 atom stereocenters. The lowest BCUT2D eigenvalue weighted by Gasteiger charge is -2.26. The van der Waals surface area contributed by atoms with Gasteiger partial charge in [0.25, 0.3) is 0 Å². The maximum atomic E-state index is 11.5. The zero-order valence-corrected chi connectivity index (χ0v) is 17.5. The van der Waals surface area contributed by atoms with Gasteiger partial charge in [-0.25, -0.2) is 18.4 Å². The second-order valence-electron chi connectivity index (χ2n) is 7.09. The van der Waals surface area contributed by atoms with Crippen molar-refractivity contribution in [2.75, 3.05) is 43.0 Å². The molecule has 6 nitrogen and oxygen atoms in total. The number of hydrogen-bond acceptors (Lipinski definition) is 7. The van der Waals surface area contributed by atoms with Crippen LogP contribution in [-0.2, 0) is 9.84 Å². The van der Waals surface area contributed by atoms with E-state index in [1.165, 1.54) is 5.56 Å². The van der Waals surface area contributed by atoms with Crippen LogP contribution in [0.15, 0.2) is 35.7 Å². The Morgan fingerprint density at radius 3 is 2.64 bits per heavy atom. The van der Waals surface area contributed by atoms with Gasteiger partial charge < -0.3 is 10.2 Å². The molecule has 1 fully saturated rings. The number of nitrogens with zero attached hydrogens (tertiary/aromatic N) is 3. The summed E-state index contributed by atoms with van der Waals surface area (Å²) in [6.07, 6.45) is 0.940. The van der Waals surface area contributed by atoms with Crippen molar-refractivity contribution in [2.24, 2.45) is 0 Å². The van der Waals surface area contributed by atoms with Gasteiger partial charge in [-0.1, -0.05) is 30.3 Å².